The molecule has 2 rings (SSSR count). The summed E-state index contributed by atoms with van der Waals surface area (Å²) in [5.74, 6) is 2.30. The first kappa shape index (κ1) is 13.3. The summed E-state index contributed by atoms with van der Waals surface area (Å²) in [4.78, 5) is 15.9. The van der Waals surface area contributed by atoms with Crippen molar-refractivity contribution >= 4 is 22.9 Å². The molecule has 1 aromatic carbocycles. The van der Waals surface area contributed by atoms with Gasteiger partial charge in [0.15, 0.2) is 0 Å². The van der Waals surface area contributed by atoms with Crippen LogP contribution in [0.5, 0.6) is 0 Å². The van der Waals surface area contributed by atoms with Crippen molar-refractivity contribution in [2.45, 2.75) is 0 Å². The molecule has 0 atom stereocenters. The average molecular weight is 271 g/mol. The molecule has 1 heterocycles. The Morgan fingerprint density at radius 2 is 2.37 bits per heavy atom. The number of benzene rings is 1. The molecule has 96 valence electrons. The number of nitrogens with one attached hydrogen (secondary N) is 2. The normalized spacial score (nSPS) is 9.84. The van der Waals surface area contributed by atoms with E-state index in [0.29, 0.717) is 6.54 Å². The maximum Gasteiger partial charge on any atom is 0.238 e. The zero-order valence-corrected chi connectivity index (χ0v) is 11.0. The van der Waals surface area contributed by atoms with Gasteiger partial charge in [-0.1, -0.05) is 18.1 Å². The summed E-state index contributed by atoms with van der Waals surface area (Å²) in [6.45, 7) is 0.582. The van der Waals surface area contributed by atoms with E-state index in [4.69, 9.17) is 6.42 Å². The summed E-state index contributed by atoms with van der Waals surface area (Å²) in [5, 5.41) is 8.50. The minimum absolute atomic E-state index is 0.119. The number of carbonyl (C=O) groups excluding carboxylic acids is 1. The van der Waals surface area contributed by atoms with Gasteiger partial charge in [-0.2, -0.15) is 0 Å². The zero-order chi connectivity index (χ0) is 13.5. The number of aromatic nitrogens is 1. The lowest BCUT2D eigenvalue weighted by Crippen LogP contribution is -2.28. The van der Waals surface area contributed by atoms with E-state index < -0.39 is 0 Å². The summed E-state index contributed by atoms with van der Waals surface area (Å²) >= 11 is 1.56. The Labute approximate surface area is 115 Å². The standard InChI is InChI=1S/C14H13N3OS/c1-2-6-15-10-13(18)17-12-5-3-4-11(9-12)14-16-7-8-19-14/h1,3-5,7-9,15H,6,10H2,(H,17,18). The summed E-state index contributed by atoms with van der Waals surface area (Å²) in [6, 6.07) is 7.60. The Hall–Kier alpha value is -2.16. The Kier molecular flexibility index (Phi) is 4.67. The second kappa shape index (κ2) is 6.69. The number of amides is 1. The van der Waals surface area contributed by atoms with Crippen LogP contribution in [0.2, 0.25) is 0 Å². The van der Waals surface area contributed by atoms with Gasteiger partial charge in [0, 0.05) is 22.8 Å². The third-order valence-electron chi connectivity index (χ3n) is 2.34. The number of nitrogens with zero attached hydrogens (tertiary/aromatic N) is 1. The van der Waals surface area contributed by atoms with Gasteiger partial charge in [-0.3, -0.25) is 10.1 Å². The third-order valence-corrected chi connectivity index (χ3v) is 3.16. The van der Waals surface area contributed by atoms with E-state index in [0.717, 1.165) is 16.3 Å². The fourth-order valence-corrected chi connectivity index (χ4v) is 2.18. The molecule has 0 aliphatic rings. The molecule has 1 aromatic heterocycles. The number of hydrogen-bond acceptors (Lipinski definition) is 4. The van der Waals surface area contributed by atoms with Crippen LogP contribution < -0.4 is 10.6 Å². The van der Waals surface area contributed by atoms with E-state index in [-0.39, 0.29) is 12.5 Å². The third kappa shape index (κ3) is 3.91. The fraction of sp³-hybridized carbons (Fsp3) is 0.143. The van der Waals surface area contributed by atoms with E-state index in [1.165, 1.54) is 0 Å². The Balaban J connectivity index is 2.00. The van der Waals surface area contributed by atoms with E-state index in [2.05, 4.69) is 21.5 Å². The van der Waals surface area contributed by atoms with E-state index in [1.54, 1.807) is 17.5 Å². The highest BCUT2D eigenvalue weighted by Crippen LogP contribution is 2.24. The first-order valence-electron chi connectivity index (χ1n) is 5.73. The fourth-order valence-electron chi connectivity index (χ4n) is 1.55. The molecule has 2 aromatic rings. The van der Waals surface area contributed by atoms with Gasteiger partial charge in [0.05, 0.1) is 13.1 Å². The second-order valence-corrected chi connectivity index (χ2v) is 4.67. The number of thiazole rings is 1. The molecule has 5 heteroatoms. The number of rotatable bonds is 5. The lowest BCUT2D eigenvalue weighted by Gasteiger charge is -2.06. The quantitative estimate of drug-likeness (QED) is 0.646. The molecule has 2 N–H and O–H groups in total. The van der Waals surface area contributed by atoms with Gasteiger partial charge >= 0.3 is 0 Å². The SMILES string of the molecule is C#CCNCC(=O)Nc1cccc(-c2nccs2)c1. The van der Waals surface area contributed by atoms with Crippen molar-refractivity contribution in [3.8, 4) is 22.9 Å². The van der Waals surface area contributed by atoms with E-state index in [1.807, 2.05) is 29.6 Å². The van der Waals surface area contributed by atoms with E-state index in [9.17, 15) is 4.79 Å². The maximum atomic E-state index is 11.6. The van der Waals surface area contributed by atoms with Crippen LogP contribution in [0.25, 0.3) is 10.6 Å². The van der Waals surface area contributed by atoms with Gasteiger partial charge in [0.25, 0.3) is 0 Å². The molecular weight excluding hydrogens is 258 g/mol. The molecule has 0 spiro atoms. The van der Waals surface area contributed by atoms with Crippen molar-refractivity contribution < 1.29 is 4.79 Å². The van der Waals surface area contributed by atoms with Gasteiger partial charge in [-0.05, 0) is 12.1 Å². The predicted molar refractivity (Wildman–Crippen MR) is 77.9 cm³/mol. The van der Waals surface area contributed by atoms with Gasteiger partial charge < -0.3 is 5.32 Å². The van der Waals surface area contributed by atoms with Crippen molar-refractivity contribution in [3.63, 3.8) is 0 Å². The monoisotopic (exact) mass is 271 g/mol. The Morgan fingerprint density at radius 3 is 3.11 bits per heavy atom. The number of anilines is 1. The largest absolute Gasteiger partial charge is 0.325 e. The van der Waals surface area contributed by atoms with Crippen LogP contribution in [-0.4, -0.2) is 24.0 Å². The van der Waals surface area contributed by atoms with E-state index >= 15 is 0 Å². The molecule has 0 bridgehead atoms. The van der Waals surface area contributed by atoms with Crippen molar-refractivity contribution in [3.05, 3.63) is 35.8 Å². The van der Waals surface area contributed by atoms with Gasteiger partial charge in [-0.15, -0.1) is 17.8 Å². The van der Waals surface area contributed by atoms with Crippen LogP contribution in [0, 0.1) is 12.3 Å². The van der Waals surface area contributed by atoms with Crippen LogP contribution in [0.15, 0.2) is 35.8 Å². The summed E-state index contributed by atoms with van der Waals surface area (Å²) < 4.78 is 0. The minimum Gasteiger partial charge on any atom is -0.325 e. The molecule has 0 saturated carbocycles. The molecule has 0 saturated heterocycles. The lowest BCUT2D eigenvalue weighted by molar-refractivity contribution is -0.115. The zero-order valence-electron chi connectivity index (χ0n) is 10.2. The number of hydrogen-bond donors (Lipinski definition) is 2. The van der Waals surface area contributed by atoms with Crippen LogP contribution in [-0.2, 0) is 4.79 Å². The highest BCUT2D eigenvalue weighted by atomic mass is 32.1. The molecule has 0 unspecified atom stereocenters. The van der Waals surface area contributed by atoms with Crippen molar-refractivity contribution in [1.29, 1.82) is 0 Å². The topological polar surface area (TPSA) is 54.0 Å². The minimum atomic E-state index is -0.119. The first-order valence-corrected chi connectivity index (χ1v) is 6.61. The summed E-state index contributed by atoms with van der Waals surface area (Å²) in [7, 11) is 0. The van der Waals surface area contributed by atoms with Gasteiger partial charge in [0.1, 0.15) is 5.01 Å². The van der Waals surface area contributed by atoms with Crippen LogP contribution in [0.3, 0.4) is 0 Å². The van der Waals surface area contributed by atoms with Gasteiger partial charge in [-0.25, -0.2) is 4.98 Å². The summed E-state index contributed by atoms with van der Waals surface area (Å²) in [5.41, 5.74) is 1.74. The second-order valence-electron chi connectivity index (χ2n) is 3.77. The summed E-state index contributed by atoms with van der Waals surface area (Å²) in [6.07, 6.45) is 6.85. The van der Waals surface area contributed by atoms with Crippen molar-refractivity contribution in [1.82, 2.24) is 10.3 Å². The lowest BCUT2D eigenvalue weighted by atomic mass is 10.2. The molecule has 1 amide bonds. The van der Waals surface area contributed by atoms with Gasteiger partial charge in [0.2, 0.25) is 5.91 Å². The molecule has 0 aliphatic carbocycles. The number of carbonyl (C=O) groups is 1. The van der Waals surface area contributed by atoms with Crippen molar-refractivity contribution in [2.75, 3.05) is 18.4 Å². The maximum absolute atomic E-state index is 11.6. The Bertz CT molecular complexity index is 587. The molecule has 19 heavy (non-hydrogen) atoms. The smallest absolute Gasteiger partial charge is 0.238 e. The average Bonchev–Trinajstić information content (AvgIpc) is 2.93. The van der Waals surface area contributed by atoms with Crippen molar-refractivity contribution in [2.24, 2.45) is 0 Å². The van der Waals surface area contributed by atoms with Crippen LogP contribution in [0.1, 0.15) is 0 Å². The molecule has 4 nitrogen and oxygen atoms in total. The molecular formula is C14H13N3OS. The Morgan fingerprint density at radius 1 is 1.47 bits per heavy atom. The molecule has 0 fully saturated rings. The molecule has 0 aliphatic heterocycles. The number of terminal acetylenes is 1. The highest BCUT2D eigenvalue weighted by Gasteiger charge is 2.04. The van der Waals surface area contributed by atoms with Crippen LogP contribution in [0.4, 0.5) is 5.69 Å². The molecule has 0 radical (unpaired) electrons. The highest BCUT2D eigenvalue weighted by molar-refractivity contribution is 7.13. The van der Waals surface area contributed by atoms with Crippen LogP contribution >= 0.6 is 11.3 Å². The first-order chi connectivity index (χ1) is 9.29. The predicted octanol–water partition coefficient (Wildman–Crippen LogP) is 1.97.